The normalized spacial score (nSPS) is 29.5. The summed E-state index contributed by atoms with van der Waals surface area (Å²) in [7, 11) is 0. The number of aliphatic imine (C=N–C) groups is 1. The highest BCUT2D eigenvalue weighted by Gasteiger charge is 2.45. The molecule has 2 aromatic carbocycles. The van der Waals surface area contributed by atoms with E-state index in [1.807, 2.05) is 30.3 Å². The highest BCUT2D eigenvalue weighted by molar-refractivity contribution is 6.08. The Morgan fingerprint density at radius 2 is 1.93 bits per heavy atom. The maximum Gasteiger partial charge on any atom is 0.392 e. The molecule has 2 aromatic rings. The Balaban J connectivity index is 1.41. The predicted octanol–water partition coefficient (Wildman–Crippen LogP) is 4.82. The molecule has 0 unspecified atom stereocenters. The number of carbonyl (C=O) groups is 2. The molecule has 5 heterocycles. The Bertz CT molecular complexity index is 1440. The molecule has 0 radical (unpaired) electrons. The lowest BCUT2D eigenvalue weighted by atomic mass is 9.84. The summed E-state index contributed by atoms with van der Waals surface area (Å²) in [4.78, 5) is 32.3. The van der Waals surface area contributed by atoms with Crippen molar-refractivity contribution in [1.82, 2.24) is 5.32 Å². The molecule has 216 valence electrons. The van der Waals surface area contributed by atoms with Crippen molar-refractivity contribution in [1.29, 1.82) is 0 Å². The van der Waals surface area contributed by atoms with Crippen LogP contribution in [0.15, 0.2) is 47.5 Å². The minimum Gasteiger partial charge on any atom is -0.492 e. The summed E-state index contributed by atoms with van der Waals surface area (Å²) in [5.41, 5.74) is 9.66. The zero-order valence-electron chi connectivity index (χ0n) is 24.4. The van der Waals surface area contributed by atoms with Crippen LogP contribution in [0.4, 0.5) is 0 Å². The van der Waals surface area contributed by atoms with Gasteiger partial charge in [-0.15, -0.1) is 4.99 Å². The smallest absolute Gasteiger partial charge is 0.392 e. The molecule has 7 rings (SSSR count). The van der Waals surface area contributed by atoms with Gasteiger partial charge in [0.25, 0.3) is 5.91 Å². The fourth-order valence-corrected chi connectivity index (χ4v) is 6.96. The molecular formula is C33H41N4O4+. The van der Waals surface area contributed by atoms with Gasteiger partial charge in [-0.3, -0.25) is 15.3 Å². The Morgan fingerprint density at radius 1 is 1.10 bits per heavy atom. The van der Waals surface area contributed by atoms with Crippen LogP contribution in [0.5, 0.6) is 11.5 Å². The number of benzene rings is 2. The van der Waals surface area contributed by atoms with Gasteiger partial charge in [0.2, 0.25) is 5.91 Å². The summed E-state index contributed by atoms with van der Waals surface area (Å²) in [6.07, 6.45) is 6.21. The van der Waals surface area contributed by atoms with Crippen molar-refractivity contribution in [3.05, 3.63) is 59.2 Å². The number of para-hydroxylation sites is 1. The molecule has 3 atom stereocenters. The van der Waals surface area contributed by atoms with Crippen LogP contribution in [0.25, 0.3) is 0 Å². The lowest BCUT2D eigenvalue weighted by molar-refractivity contribution is -0.351. The Morgan fingerprint density at radius 3 is 2.73 bits per heavy atom. The maximum absolute atomic E-state index is 13.9. The van der Waals surface area contributed by atoms with Gasteiger partial charge in [0, 0.05) is 24.3 Å². The molecule has 4 bridgehead atoms. The van der Waals surface area contributed by atoms with E-state index in [-0.39, 0.29) is 35.3 Å². The Hall–Kier alpha value is -3.68. The first-order valence-corrected chi connectivity index (χ1v) is 15.1. The van der Waals surface area contributed by atoms with E-state index in [0.717, 1.165) is 60.4 Å². The van der Waals surface area contributed by atoms with Crippen molar-refractivity contribution in [3.63, 3.8) is 0 Å². The molecule has 8 heteroatoms. The van der Waals surface area contributed by atoms with Crippen LogP contribution in [0.3, 0.4) is 0 Å². The summed E-state index contributed by atoms with van der Waals surface area (Å²) >= 11 is 0. The third kappa shape index (κ3) is 5.36. The molecule has 0 saturated heterocycles. The third-order valence-electron chi connectivity index (χ3n) is 9.14. The molecule has 41 heavy (non-hydrogen) atoms. The quantitative estimate of drug-likeness (QED) is 0.490. The van der Waals surface area contributed by atoms with Gasteiger partial charge in [0.1, 0.15) is 28.4 Å². The van der Waals surface area contributed by atoms with Crippen LogP contribution in [-0.4, -0.2) is 45.8 Å². The number of fused-ring (bicyclic) bond motifs is 8. The van der Waals surface area contributed by atoms with Crippen molar-refractivity contribution < 1.29 is 23.6 Å². The van der Waals surface area contributed by atoms with E-state index in [0.29, 0.717) is 32.3 Å². The van der Waals surface area contributed by atoms with E-state index < -0.39 is 5.54 Å². The van der Waals surface area contributed by atoms with E-state index in [4.69, 9.17) is 20.2 Å². The number of nitrogens with one attached hydrogen (secondary N) is 1. The van der Waals surface area contributed by atoms with Crippen LogP contribution < -0.4 is 20.5 Å². The van der Waals surface area contributed by atoms with E-state index in [1.165, 1.54) is 5.56 Å². The fraction of sp³-hybridized carbons (Fsp3) is 0.515. The lowest BCUT2D eigenvalue weighted by Crippen LogP contribution is -2.51. The standard InChI is InChI=1S/C33H40N4O4/c1-4-33-16-8-7-9-21-12-14-27-24(17-21)25(18-32(2,3)41-27)35-28(38)15-13-22-20-40-26-11-6-5-10-23(26)30(22)37(29(39)19-33)31(34)36-33/h5-6,10-12,14,17,22,25H,4,7-9,13,15-16,18-20H2,1-3H3,(H2-,34,35,36,38)/p+1/b37-30-/t22-,25+,33-/m1/s1. The van der Waals surface area contributed by atoms with Gasteiger partial charge in [0.05, 0.1) is 24.6 Å². The van der Waals surface area contributed by atoms with Crippen molar-refractivity contribution >= 4 is 23.5 Å². The number of hydrogen-bond donors (Lipinski definition) is 2. The number of aryl methyl sites for hydroxylation is 1. The number of nitrogens with two attached hydrogens (primary N) is 1. The van der Waals surface area contributed by atoms with Crippen molar-refractivity contribution in [2.75, 3.05) is 6.61 Å². The van der Waals surface area contributed by atoms with Crippen LogP contribution in [0.2, 0.25) is 0 Å². The van der Waals surface area contributed by atoms with Gasteiger partial charge < -0.3 is 14.8 Å². The summed E-state index contributed by atoms with van der Waals surface area (Å²) in [6.45, 7) is 6.59. The van der Waals surface area contributed by atoms with Crippen LogP contribution in [0.1, 0.15) is 94.9 Å². The molecule has 2 amide bonds. The Labute approximate surface area is 242 Å². The maximum atomic E-state index is 13.9. The summed E-state index contributed by atoms with van der Waals surface area (Å²) < 4.78 is 14.0. The molecule has 0 saturated carbocycles. The van der Waals surface area contributed by atoms with E-state index in [1.54, 1.807) is 4.58 Å². The molecular weight excluding hydrogens is 516 g/mol. The second-order valence-electron chi connectivity index (χ2n) is 12.6. The number of nitrogens with zero attached hydrogens (tertiary/aromatic N) is 2. The second kappa shape index (κ2) is 10.6. The monoisotopic (exact) mass is 557 g/mol. The summed E-state index contributed by atoms with van der Waals surface area (Å²) in [5, 5.41) is 3.31. The number of ether oxygens (including phenoxy) is 2. The molecule has 0 fully saturated rings. The molecule has 8 nitrogen and oxygen atoms in total. The van der Waals surface area contributed by atoms with Crippen LogP contribution >= 0.6 is 0 Å². The molecule has 3 N–H and O–H groups in total. The number of carbonyl (C=O) groups excluding carboxylic acids is 2. The first-order valence-electron chi connectivity index (χ1n) is 15.1. The van der Waals surface area contributed by atoms with E-state index in [9.17, 15) is 9.59 Å². The number of amides is 2. The SMILES string of the molecule is CC[C@@]12CCCCc3ccc4c(c3)[C@H](CC(C)(C)O4)NC(=O)CC[C@@H]3COc4ccccc4/C3=[N+](/C(=O)C1)C(N)=N2. The molecule has 5 aliphatic heterocycles. The van der Waals surface area contributed by atoms with Crippen molar-refractivity contribution in [2.45, 2.75) is 95.7 Å². The Kier molecular flexibility index (Phi) is 7.12. The average Bonchev–Trinajstić information content (AvgIpc) is 2.93. The van der Waals surface area contributed by atoms with Gasteiger partial charge in [0.15, 0.2) is 0 Å². The zero-order chi connectivity index (χ0) is 28.8. The van der Waals surface area contributed by atoms with E-state index in [2.05, 4.69) is 38.2 Å². The van der Waals surface area contributed by atoms with Gasteiger partial charge in [-0.05, 0) is 76.1 Å². The first-order chi connectivity index (χ1) is 19.7. The van der Waals surface area contributed by atoms with Gasteiger partial charge in [-0.1, -0.05) is 31.2 Å². The minimum atomic E-state index is -0.496. The third-order valence-corrected chi connectivity index (χ3v) is 9.14. The molecule has 0 spiro atoms. The lowest BCUT2D eigenvalue weighted by Gasteiger charge is -2.38. The van der Waals surface area contributed by atoms with E-state index >= 15 is 0 Å². The highest BCUT2D eigenvalue weighted by atomic mass is 16.5. The molecule has 5 aliphatic rings. The number of rotatable bonds is 1. The minimum absolute atomic E-state index is 0.0278. The summed E-state index contributed by atoms with van der Waals surface area (Å²) in [5.74, 6) is 1.55. The fourth-order valence-electron chi connectivity index (χ4n) is 6.96. The van der Waals surface area contributed by atoms with Gasteiger partial charge in [-0.2, -0.15) is 4.58 Å². The first kappa shape index (κ1) is 27.5. The van der Waals surface area contributed by atoms with Gasteiger partial charge in [-0.25, -0.2) is 0 Å². The van der Waals surface area contributed by atoms with Crippen molar-refractivity contribution in [3.8, 4) is 11.5 Å². The second-order valence-corrected chi connectivity index (χ2v) is 12.6. The highest BCUT2D eigenvalue weighted by Crippen LogP contribution is 2.41. The largest absolute Gasteiger partial charge is 0.492 e. The van der Waals surface area contributed by atoms with Gasteiger partial charge >= 0.3 is 5.96 Å². The van der Waals surface area contributed by atoms with Crippen LogP contribution in [0, 0.1) is 5.92 Å². The van der Waals surface area contributed by atoms with Crippen molar-refractivity contribution in [2.24, 2.45) is 16.6 Å². The zero-order valence-corrected chi connectivity index (χ0v) is 24.4. The molecule has 0 aliphatic carbocycles. The number of hydrogen-bond acceptors (Lipinski definition) is 6. The predicted molar refractivity (Wildman–Crippen MR) is 158 cm³/mol. The topological polar surface area (TPSA) is 106 Å². The molecule has 0 aromatic heterocycles. The summed E-state index contributed by atoms with van der Waals surface area (Å²) in [6, 6.07) is 14.0. The average molecular weight is 558 g/mol. The number of guanidine groups is 1. The van der Waals surface area contributed by atoms with Crippen LogP contribution in [-0.2, 0) is 16.0 Å².